The van der Waals surface area contributed by atoms with Crippen molar-refractivity contribution in [2.45, 2.75) is 13.0 Å². The number of aromatic hydroxyl groups is 1. The van der Waals surface area contributed by atoms with E-state index >= 15 is 0 Å². The van der Waals surface area contributed by atoms with Crippen molar-refractivity contribution in [3.8, 4) is 17.6 Å². The maximum atomic E-state index is 13.0. The van der Waals surface area contributed by atoms with Crippen LogP contribution in [0.15, 0.2) is 50.8 Å². The van der Waals surface area contributed by atoms with Gasteiger partial charge in [0, 0.05) is 24.7 Å². The molecule has 0 aliphatic rings. The maximum Gasteiger partial charge on any atom is 0.319 e. The SMILES string of the molecule is Cn1c(=O)c(=O)n(CCC(=O)O)c(=O)c2c(O)c(C#Cc3ccc(C(=N)N)cc3)ccc21. The molecule has 10 nitrogen and oxygen atoms in total. The summed E-state index contributed by atoms with van der Waals surface area (Å²) in [5.74, 6) is 3.67. The molecule has 0 radical (unpaired) electrons. The lowest BCUT2D eigenvalue weighted by atomic mass is 10.1. The molecule has 1 heterocycles. The Labute approximate surface area is 180 Å². The number of aliphatic carboxylic acids is 1. The Morgan fingerprint density at radius 3 is 2.28 bits per heavy atom. The van der Waals surface area contributed by atoms with Gasteiger partial charge in [-0.2, -0.15) is 0 Å². The van der Waals surface area contributed by atoms with E-state index in [2.05, 4.69) is 11.8 Å². The average Bonchev–Trinajstić information content (AvgIpc) is 2.82. The van der Waals surface area contributed by atoms with Crippen molar-refractivity contribution in [2.75, 3.05) is 0 Å². The number of carboxylic acids is 1. The highest BCUT2D eigenvalue weighted by molar-refractivity contribution is 5.95. The summed E-state index contributed by atoms with van der Waals surface area (Å²) in [4.78, 5) is 48.7. The largest absolute Gasteiger partial charge is 0.506 e. The summed E-state index contributed by atoms with van der Waals surface area (Å²) in [6, 6.07) is 9.27. The molecule has 162 valence electrons. The van der Waals surface area contributed by atoms with Crippen molar-refractivity contribution in [3.05, 3.63) is 84.1 Å². The number of phenolic OH excluding ortho intramolecular Hbond substituents is 1. The van der Waals surface area contributed by atoms with Gasteiger partial charge < -0.3 is 20.5 Å². The molecule has 0 aliphatic heterocycles. The van der Waals surface area contributed by atoms with Crippen LogP contribution < -0.4 is 22.4 Å². The second-order valence-corrected chi connectivity index (χ2v) is 6.87. The first kappa shape index (κ1) is 22.0. The van der Waals surface area contributed by atoms with Gasteiger partial charge in [0.15, 0.2) is 0 Å². The fraction of sp³-hybridized carbons (Fsp3) is 0.136. The minimum absolute atomic E-state index is 0.0000334. The number of nitrogens with one attached hydrogen (secondary N) is 1. The Morgan fingerprint density at radius 1 is 1.03 bits per heavy atom. The Bertz CT molecular complexity index is 1510. The Hall–Kier alpha value is -4.65. The van der Waals surface area contributed by atoms with Gasteiger partial charge in [0.05, 0.1) is 17.5 Å². The number of carboxylic acid groups (broad SMARTS) is 1. The van der Waals surface area contributed by atoms with Gasteiger partial charge in [-0.1, -0.05) is 24.0 Å². The van der Waals surface area contributed by atoms with Gasteiger partial charge in [0.2, 0.25) is 0 Å². The molecular weight excluding hydrogens is 416 g/mol. The van der Waals surface area contributed by atoms with E-state index in [9.17, 15) is 24.3 Å². The van der Waals surface area contributed by atoms with Crippen LogP contribution in [0.25, 0.3) is 10.9 Å². The van der Waals surface area contributed by atoms with E-state index in [0.29, 0.717) is 15.7 Å². The highest BCUT2D eigenvalue weighted by Crippen LogP contribution is 2.24. The van der Waals surface area contributed by atoms with Crippen LogP contribution in [0.1, 0.15) is 23.1 Å². The molecule has 32 heavy (non-hydrogen) atoms. The third-order valence-electron chi connectivity index (χ3n) is 4.80. The molecule has 5 N–H and O–H groups in total. The van der Waals surface area contributed by atoms with E-state index in [1.807, 2.05) is 0 Å². The average molecular weight is 434 g/mol. The highest BCUT2D eigenvalue weighted by Gasteiger charge is 2.16. The lowest BCUT2D eigenvalue weighted by Gasteiger charge is -2.04. The monoisotopic (exact) mass is 434 g/mol. The number of nitrogens with zero attached hydrogens (tertiary/aromatic N) is 2. The number of nitrogen functional groups attached to an aromatic ring is 1. The fourth-order valence-electron chi connectivity index (χ4n) is 3.05. The number of phenols is 1. The highest BCUT2D eigenvalue weighted by atomic mass is 16.4. The smallest absolute Gasteiger partial charge is 0.319 e. The van der Waals surface area contributed by atoms with Gasteiger partial charge in [-0.25, -0.2) is 0 Å². The number of hydrogen-bond acceptors (Lipinski definition) is 6. The molecule has 0 bridgehead atoms. The van der Waals surface area contributed by atoms with E-state index in [0.717, 1.165) is 4.57 Å². The molecule has 0 fully saturated rings. The van der Waals surface area contributed by atoms with Crippen LogP contribution >= 0.6 is 0 Å². The fourth-order valence-corrected chi connectivity index (χ4v) is 3.05. The van der Waals surface area contributed by atoms with Gasteiger partial charge in [-0.15, -0.1) is 0 Å². The molecule has 0 saturated carbocycles. The molecule has 0 saturated heterocycles. The lowest BCUT2D eigenvalue weighted by Crippen LogP contribution is -2.41. The molecule has 0 amide bonds. The van der Waals surface area contributed by atoms with E-state index < -0.39 is 41.4 Å². The van der Waals surface area contributed by atoms with Crippen molar-refractivity contribution in [3.63, 3.8) is 0 Å². The maximum absolute atomic E-state index is 13.0. The summed E-state index contributed by atoms with van der Waals surface area (Å²) in [6.07, 6.45) is -0.555. The minimum Gasteiger partial charge on any atom is -0.506 e. The summed E-state index contributed by atoms with van der Waals surface area (Å²) < 4.78 is 1.43. The number of amidine groups is 1. The minimum atomic E-state index is -1.25. The first-order valence-electron chi connectivity index (χ1n) is 9.30. The standard InChI is InChI=1S/C22H18N4O6/c1-25-15-9-8-13(5-2-12-3-6-14(7-4-12)19(23)24)18(29)17(15)20(30)26(11-10-16(27)28)22(32)21(25)31/h3-4,6-9,29H,10-11H2,1H3,(H3,23,24)(H,27,28). The molecule has 3 rings (SSSR count). The molecule has 3 aromatic rings. The van der Waals surface area contributed by atoms with Crippen LogP contribution in [-0.2, 0) is 18.4 Å². The Morgan fingerprint density at radius 2 is 1.69 bits per heavy atom. The number of aromatic nitrogens is 2. The summed E-state index contributed by atoms with van der Waals surface area (Å²) >= 11 is 0. The predicted octanol–water partition coefficient (Wildman–Crippen LogP) is -0.0754. The third kappa shape index (κ3) is 4.13. The summed E-state index contributed by atoms with van der Waals surface area (Å²) in [5, 5.41) is 26.7. The molecule has 0 aliphatic carbocycles. The second-order valence-electron chi connectivity index (χ2n) is 6.87. The number of aryl methyl sites for hydroxylation is 1. The second kappa shape index (κ2) is 8.61. The molecule has 0 unspecified atom stereocenters. The number of hydrogen-bond donors (Lipinski definition) is 4. The van der Waals surface area contributed by atoms with Crippen LogP contribution in [0.5, 0.6) is 5.75 Å². The van der Waals surface area contributed by atoms with E-state index in [-0.39, 0.29) is 22.3 Å². The van der Waals surface area contributed by atoms with E-state index in [1.165, 1.54) is 19.2 Å². The Balaban J connectivity index is 2.24. The van der Waals surface area contributed by atoms with Gasteiger partial charge in [0.25, 0.3) is 5.56 Å². The van der Waals surface area contributed by atoms with Crippen LogP contribution in [0.4, 0.5) is 0 Å². The Kier molecular flexibility index (Phi) is 5.93. The van der Waals surface area contributed by atoms with E-state index in [1.54, 1.807) is 24.3 Å². The van der Waals surface area contributed by atoms with Crippen molar-refractivity contribution >= 4 is 22.7 Å². The zero-order valence-electron chi connectivity index (χ0n) is 16.9. The van der Waals surface area contributed by atoms with Crippen molar-refractivity contribution in [2.24, 2.45) is 12.8 Å². The van der Waals surface area contributed by atoms with Crippen LogP contribution in [-0.4, -0.2) is 31.2 Å². The van der Waals surface area contributed by atoms with Crippen molar-refractivity contribution < 1.29 is 15.0 Å². The molecule has 2 aromatic carbocycles. The third-order valence-corrected chi connectivity index (χ3v) is 4.80. The molecule has 1 aromatic heterocycles. The molecule has 0 spiro atoms. The van der Waals surface area contributed by atoms with Gasteiger partial charge in [0.1, 0.15) is 17.0 Å². The lowest BCUT2D eigenvalue weighted by molar-refractivity contribution is -0.137. The number of fused-ring (bicyclic) bond motifs is 1. The van der Waals surface area contributed by atoms with Crippen LogP contribution in [0, 0.1) is 17.3 Å². The van der Waals surface area contributed by atoms with Crippen LogP contribution in [0.3, 0.4) is 0 Å². The first-order chi connectivity index (χ1) is 15.1. The van der Waals surface area contributed by atoms with Gasteiger partial charge in [-0.3, -0.25) is 29.2 Å². The van der Waals surface area contributed by atoms with Gasteiger partial charge >= 0.3 is 17.1 Å². The molecule has 0 atom stereocenters. The van der Waals surface area contributed by atoms with Gasteiger partial charge in [-0.05, 0) is 24.3 Å². The number of rotatable bonds is 4. The first-order valence-corrected chi connectivity index (χ1v) is 9.30. The zero-order valence-corrected chi connectivity index (χ0v) is 16.9. The zero-order chi connectivity index (χ0) is 23.6. The quantitative estimate of drug-likeness (QED) is 0.193. The van der Waals surface area contributed by atoms with E-state index in [4.69, 9.17) is 16.2 Å². The topological polar surface area (TPSA) is 168 Å². The van der Waals surface area contributed by atoms with Crippen molar-refractivity contribution in [1.29, 1.82) is 5.41 Å². The molecular formula is C22H18N4O6. The summed E-state index contributed by atoms with van der Waals surface area (Å²) in [6.45, 7) is -0.524. The predicted molar refractivity (Wildman–Crippen MR) is 117 cm³/mol. The van der Waals surface area contributed by atoms with Crippen molar-refractivity contribution in [1.82, 2.24) is 9.13 Å². The summed E-state index contributed by atoms with van der Waals surface area (Å²) in [5.41, 5.74) is 3.35. The molecule has 10 heteroatoms. The summed E-state index contributed by atoms with van der Waals surface area (Å²) in [7, 11) is 1.27. The van der Waals surface area contributed by atoms with Crippen LogP contribution in [0.2, 0.25) is 0 Å². The number of carbonyl (C=O) groups is 1. The number of nitrogens with two attached hydrogens (primary N) is 1. The normalized spacial score (nSPS) is 10.4. The number of benzene rings is 2.